The molecule has 0 aromatic carbocycles. The van der Waals surface area contributed by atoms with Crippen LogP contribution >= 0.6 is 0 Å². The first-order valence-corrected chi connectivity index (χ1v) is 8.88. The van der Waals surface area contributed by atoms with E-state index in [-0.39, 0.29) is 1.43 Å². The van der Waals surface area contributed by atoms with Crippen molar-refractivity contribution in [3.63, 3.8) is 0 Å². The Hall–Kier alpha value is -2.89. The molecule has 6 nitrogen and oxygen atoms in total. The zero-order chi connectivity index (χ0) is 16.6. The molecule has 4 heterocycles. The summed E-state index contributed by atoms with van der Waals surface area (Å²) in [6.45, 7) is 0.969. The second-order valence-electron chi connectivity index (χ2n) is 6.78. The maximum atomic E-state index is 4.61. The summed E-state index contributed by atoms with van der Waals surface area (Å²) in [6.07, 6.45) is 15.1. The second-order valence-corrected chi connectivity index (χ2v) is 6.78. The van der Waals surface area contributed by atoms with Crippen LogP contribution in [0.1, 0.15) is 27.1 Å². The SMILES string of the molecule is [HH].c1cn2cc(-c3ccn4nc(NCC5CCCC5)ncc34)ccc2n1. The highest BCUT2D eigenvalue weighted by Crippen LogP contribution is 2.26. The Morgan fingerprint density at radius 2 is 2.04 bits per heavy atom. The van der Waals surface area contributed by atoms with Gasteiger partial charge in [-0.15, -0.1) is 5.10 Å². The molecular weight excluding hydrogens is 312 g/mol. The third kappa shape index (κ3) is 2.63. The molecule has 25 heavy (non-hydrogen) atoms. The maximum absolute atomic E-state index is 4.61. The normalized spacial score (nSPS) is 15.4. The summed E-state index contributed by atoms with van der Waals surface area (Å²) in [5.41, 5.74) is 4.20. The van der Waals surface area contributed by atoms with Crippen LogP contribution in [-0.4, -0.2) is 30.5 Å². The quantitative estimate of drug-likeness (QED) is 0.615. The Morgan fingerprint density at radius 3 is 2.96 bits per heavy atom. The van der Waals surface area contributed by atoms with Gasteiger partial charge in [-0.05, 0) is 37.0 Å². The van der Waals surface area contributed by atoms with Crippen LogP contribution < -0.4 is 5.32 Å². The Labute approximate surface area is 147 Å². The minimum absolute atomic E-state index is 0. The minimum atomic E-state index is 0. The van der Waals surface area contributed by atoms with E-state index in [0.29, 0.717) is 5.95 Å². The van der Waals surface area contributed by atoms with E-state index < -0.39 is 0 Å². The van der Waals surface area contributed by atoms with Crippen molar-refractivity contribution >= 4 is 17.1 Å². The van der Waals surface area contributed by atoms with Gasteiger partial charge in [-0.25, -0.2) is 14.5 Å². The molecule has 0 aliphatic heterocycles. The molecule has 0 spiro atoms. The molecule has 0 amide bonds. The van der Waals surface area contributed by atoms with Gasteiger partial charge >= 0.3 is 0 Å². The molecule has 6 heteroatoms. The predicted molar refractivity (Wildman–Crippen MR) is 99.7 cm³/mol. The molecule has 1 aliphatic carbocycles. The lowest BCUT2D eigenvalue weighted by atomic mass is 10.1. The Kier molecular flexibility index (Phi) is 3.40. The van der Waals surface area contributed by atoms with Gasteiger partial charge in [0.15, 0.2) is 0 Å². The summed E-state index contributed by atoms with van der Waals surface area (Å²) < 4.78 is 3.93. The van der Waals surface area contributed by atoms with Crippen LogP contribution in [0.2, 0.25) is 0 Å². The predicted octanol–water partition coefficient (Wildman–Crippen LogP) is 3.89. The number of imidazole rings is 1. The van der Waals surface area contributed by atoms with Gasteiger partial charge in [0.05, 0.1) is 11.7 Å². The van der Waals surface area contributed by atoms with Crippen molar-refractivity contribution in [2.45, 2.75) is 25.7 Å². The maximum Gasteiger partial charge on any atom is 0.241 e. The van der Waals surface area contributed by atoms with Crippen molar-refractivity contribution in [2.24, 2.45) is 5.92 Å². The smallest absolute Gasteiger partial charge is 0.241 e. The number of nitrogens with zero attached hydrogens (tertiary/aromatic N) is 5. The molecule has 0 radical (unpaired) electrons. The van der Waals surface area contributed by atoms with Crippen LogP contribution in [0.15, 0.2) is 49.2 Å². The fourth-order valence-corrected chi connectivity index (χ4v) is 3.75. The highest BCUT2D eigenvalue weighted by Gasteiger charge is 2.15. The lowest BCUT2D eigenvalue weighted by Gasteiger charge is -2.10. The minimum Gasteiger partial charge on any atom is -0.353 e. The molecule has 1 aliphatic rings. The molecule has 128 valence electrons. The molecule has 0 atom stereocenters. The van der Waals surface area contributed by atoms with Crippen molar-refractivity contribution in [1.82, 2.24) is 24.0 Å². The number of nitrogens with one attached hydrogen (secondary N) is 1. The topological polar surface area (TPSA) is 59.5 Å². The monoisotopic (exact) mass is 334 g/mol. The number of anilines is 1. The van der Waals surface area contributed by atoms with E-state index in [1.807, 2.05) is 39.8 Å². The highest BCUT2D eigenvalue weighted by molar-refractivity contribution is 5.80. The van der Waals surface area contributed by atoms with E-state index in [2.05, 4.69) is 38.7 Å². The van der Waals surface area contributed by atoms with Crippen LogP contribution in [-0.2, 0) is 0 Å². The standard InChI is InChI=1S/C19H20N6.H2/c1-2-4-14(3-1)11-21-19-22-12-17-16(7-9-25(17)23-19)15-5-6-18-20-8-10-24(18)13-15;/h5-10,12-14H,1-4,11H2,(H,21,23);1H. The highest BCUT2D eigenvalue weighted by atomic mass is 15.3. The lowest BCUT2D eigenvalue weighted by molar-refractivity contribution is 0.576. The summed E-state index contributed by atoms with van der Waals surface area (Å²) in [4.78, 5) is 8.81. The van der Waals surface area contributed by atoms with E-state index in [1.54, 1.807) is 0 Å². The average Bonchev–Trinajstić information content (AvgIpc) is 3.38. The number of rotatable bonds is 4. The number of pyridine rings is 1. The van der Waals surface area contributed by atoms with E-state index in [0.717, 1.165) is 34.8 Å². The van der Waals surface area contributed by atoms with E-state index in [4.69, 9.17) is 0 Å². The van der Waals surface area contributed by atoms with Crippen molar-refractivity contribution in [2.75, 3.05) is 11.9 Å². The number of fused-ring (bicyclic) bond motifs is 2. The van der Waals surface area contributed by atoms with Crippen LogP contribution in [0.3, 0.4) is 0 Å². The summed E-state index contributed by atoms with van der Waals surface area (Å²) in [7, 11) is 0. The third-order valence-electron chi connectivity index (χ3n) is 5.14. The van der Waals surface area contributed by atoms with Crippen LogP contribution in [0, 0.1) is 5.92 Å². The third-order valence-corrected chi connectivity index (χ3v) is 5.14. The van der Waals surface area contributed by atoms with Gasteiger partial charge in [0.1, 0.15) is 5.65 Å². The van der Waals surface area contributed by atoms with Gasteiger partial charge in [-0.1, -0.05) is 12.8 Å². The van der Waals surface area contributed by atoms with Crippen LogP contribution in [0.25, 0.3) is 22.3 Å². The van der Waals surface area contributed by atoms with E-state index in [1.165, 1.54) is 25.7 Å². The van der Waals surface area contributed by atoms with Gasteiger partial charge in [-0.2, -0.15) is 0 Å². The molecule has 0 unspecified atom stereocenters. The molecule has 0 saturated heterocycles. The molecule has 4 aromatic rings. The fourth-order valence-electron chi connectivity index (χ4n) is 3.75. The average molecular weight is 334 g/mol. The largest absolute Gasteiger partial charge is 0.353 e. The van der Waals surface area contributed by atoms with Crippen molar-refractivity contribution < 1.29 is 1.43 Å². The fraction of sp³-hybridized carbons (Fsp3) is 0.316. The summed E-state index contributed by atoms with van der Waals surface area (Å²) >= 11 is 0. The Balaban J connectivity index is 0.00000168. The van der Waals surface area contributed by atoms with E-state index in [9.17, 15) is 0 Å². The number of hydrogen-bond donors (Lipinski definition) is 1. The molecule has 1 N–H and O–H groups in total. The van der Waals surface area contributed by atoms with Crippen molar-refractivity contribution in [3.05, 3.63) is 49.2 Å². The van der Waals surface area contributed by atoms with Gasteiger partial charge in [0.25, 0.3) is 0 Å². The van der Waals surface area contributed by atoms with Gasteiger partial charge in [0.2, 0.25) is 5.95 Å². The molecule has 1 fully saturated rings. The van der Waals surface area contributed by atoms with Crippen molar-refractivity contribution in [3.8, 4) is 11.1 Å². The first kappa shape index (κ1) is 14.5. The van der Waals surface area contributed by atoms with Gasteiger partial charge in [0, 0.05) is 43.9 Å². The van der Waals surface area contributed by atoms with Gasteiger partial charge in [-0.3, -0.25) is 0 Å². The first-order chi connectivity index (χ1) is 12.4. The second kappa shape index (κ2) is 5.88. The molecule has 1 saturated carbocycles. The van der Waals surface area contributed by atoms with Crippen LogP contribution in [0.5, 0.6) is 0 Å². The van der Waals surface area contributed by atoms with Crippen LogP contribution in [0.4, 0.5) is 5.95 Å². The molecular formula is C19H22N6. The summed E-state index contributed by atoms with van der Waals surface area (Å²) in [5, 5.41) is 8.00. The van der Waals surface area contributed by atoms with Gasteiger partial charge < -0.3 is 9.72 Å². The first-order valence-electron chi connectivity index (χ1n) is 8.88. The van der Waals surface area contributed by atoms with Crippen molar-refractivity contribution in [1.29, 1.82) is 0 Å². The number of hydrogen-bond acceptors (Lipinski definition) is 4. The zero-order valence-corrected chi connectivity index (χ0v) is 14.0. The Morgan fingerprint density at radius 1 is 1.12 bits per heavy atom. The lowest BCUT2D eigenvalue weighted by Crippen LogP contribution is -2.13. The summed E-state index contributed by atoms with van der Waals surface area (Å²) in [6, 6.07) is 6.20. The zero-order valence-electron chi connectivity index (χ0n) is 14.0. The molecule has 4 aromatic heterocycles. The molecule has 5 rings (SSSR count). The summed E-state index contributed by atoms with van der Waals surface area (Å²) in [5.74, 6) is 1.47. The van der Waals surface area contributed by atoms with E-state index >= 15 is 0 Å². The number of aromatic nitrogens is 5. The molecule has 0 bridgehead atoms. The Bertz CT molecular complexity index is 1030.